The van der Waals surface area contributed by atoms with Gasteiger partial charge < -0.3 is 15.4 Å². The van der Waals surface area contributed by atoms with E-state index in [1.54, 1.807) is 42.5 Å². The number of anilines is 2. The van der Waals surface area contributed by atoms with Crippen LogP contribution in [0.4, 0.5) is 11.4 Å². The Morgan fingerprint density at radius 3 is 2.20 bits per heavy atom. The summed E-state index contributed by atoms with van der Waals surface area (Å²) in [4.78, 5) is 25.1. The molecule has 6 heteroatoms. The van der Waals surface area contributed by atoms with Crippen LogP contribution in [0.15, 0.2) is 77.3 Å². The minimum Gasteiger partial charge on any atom is -0.492 e. The van der Waals surface area contributed by atoms with Crippen molar-refractivity contribution in [2.45, 2.75) is 19.8 Å². The van der Waals surface area contributed by atoms with Crippen molar-refractivity contribution >= 4 is 39.1 Å². The third-order valence-electron chi connectivity index (χ3n) is 4.36. The number of carbonyl (C=O) groups is 2. The Hall–Kier alpha value is -3.12. The van der Waals surface area contributed by atoms with Gasteiger partial charge in [-0.2, -0.15) is 0 Å². The normalized spacial score (nSPS) is 10.3. The van der Waals surface area contributed by atoms with Crippen LogP contribution in [0.5, 0.6) is 5.75 Å². The number of carbonyl (C=O) groups excluding carboxylic acids is 2. The molecule has 0 radical (unpaired) electrons. The Labute approximate surface area is 184 Å². The Morgan fingerprint density at radius 2 is 1.50 bits per heavy atom. The van der Waals surface area contributed by atoms with Crippen LogP contribution in [0, 0.1) is 0 Å². The number of ether oxygens (including phenoxy) is 1. The van der Waals surface area contributed by atoms with Crippen LogP contribution in [0.3, 0.4) is 0 Å². The van der Waals surface area contributed by atoms with Crippen LogP contribution >= 0.6 is 15.9 Å². The molecule has 2 amide bonds. The average Bonchev–Trinajstić information content (AvgIpc) is 2.76. The standard InChI is InChI=1S/C24H23BrN2O3/c1-2-3-14-30-22-13-12-18(16-21(22)25)24(29)27-20-11-7-8-17(15-20)23(28)26-19-9-5-4-6-10-19/h4-13,15-16H,2-3,14H2,1H3,(H,26,28)(H,27,29). The van der Waals surface area contributed by atoms with Crippen molar-refractivity contribution in [1.29, 1.82) is 0 Å². The van der Waals surface area contributed by atoms with Crippen LogP contribution in [0.1, 0.15) is 40.5 Å². The molecule has 0 spiro atoms. The highest BCUT2D eigenvalue weighted by atomic mass is 79.9. The number of benzene rings is 3. The zero-order valence-corrected chi connectivity index (χ0v) is 18.2. The molecule has 0 aliphatic carbocycles. The number of hydrogen-bond donors (Lipinski definition) is 2. The molecule has 0 bridgehead atoms. The molecule has 0 aliphatic heterocycles. The van der Waals surface area contributed by atoms with Crippen molar-refractivity contribution in [3.8, 4) is 5.75 Å². The van der Waals surface area contributed by atoms with Gasteiger partial charge in [-0.1, -0.05) is 37.6 Å². The summed E-state index contributed by atoms with van der Waals surface area (Å²) in [5.74, 6) is 0.199. The van der Waals surface area contributed by atoms with Crippen molar-refractivity contribution < 1.29 is 14.3 Å². The van der Waals surface area contributed by atoms with E-state index in [2.05, 4.69) is 33.5 Å². The second-order valence-electron chi connectivity index (χ2n) is 6.70. The predicted molar refractivity (Wildman–Crippen MR) is 123 cm³/mol. The first-order valence-electron chi connectivity index (χ1n) is 9.77. The van der Waals surface area contributed by atoms with Crippen LogP contribution in [-0.2, 0) is 0 Å². The van der Waals surface area contributed by atoms with Crippen molar-refractivity contribution in [2.75, 3.05) is 17.2 Å². The summed E-state index contributed by atoms with van der Waals surface area (Å²) in [6.07, 6.45) is 2.03. The molecule has 0 aliphatic rings. The third kappa shape index (κ3) is 5.94. The smallest absolute Gasteiger partial charge is 0.255 e. The van der Waals surface area contributed by atoms with Gasteiger partial charge in [-0.25, -0.2) is 0 Å². The lowest BCUT2D eigenvalue weighted by molar-refractivity contribution is 0.101. The number of rotatable bonds is 8. The molecule has 3 rings (SSSR count). The number of halogens is 1. The highest BCUT2D eigenvalue weighted by Crippen LogP contribution is 2.27. The number of amides is 2. The summed E-state index contributed by atoms with van der Waals surface area (Å²) >= 11 is 3.46. The molecule has 5 nitrogen and oxygen atoms in total. The van der Waals surface area contributed by atoms with Gasteiger partial charge in [0, 0.05) is 22.5 Å². The SMILES string of the molecule is CCCCOc1ccc(C(=O)Nc2cccc(C(=O)Nc3ccccc3)c2)cc1Br. The molecule has 0 aromatic heterocycles. The molecule has 3 aromatic rings. The van der Waals surface area contributed by atoms with Gasteiger partial charge in [-0.3, -0.25) is 9.59 Å². The van der Waals surface area contributed by atoms with E-state index >= 15 is 0 Å². The average molecular weight is 467 g/mol. The lowest BCUT2D eigenvalue weighted by Crippen LogP contribution is -2.14. The van der Waals surface area contributed by atoms with Gasteiger partial charge in [0.15, 0.2) is 0 Å². The molecule has 0 atom stereocenters. The van der Waals surface area contributed by atoms with E-state index in [0.717, 1.165) is 17.3 Å². The zero-order valence-electron chi connectivity index (χ0n) is 16.7. The van der Waals surface area contributed by atoms with Gasteiger partial charge in [0.25, 0.3) is 11.8 Å². The summed E-state index contributed by atoms with van der Waals surface area (Å²) in [7, 11) is 0. The maximum Gasteiger partial charge on any atom is 0.255 e. The van der Waals surface area contributed by atoms with E-state index in [1.807, 2.05) is 30.3 Å². The molecule has 0 fully saturated rings. The Balaban J connectivity index is 1.66. The molecule has 0 saturated heterocycles. The van der Waals surface area contributed by atoms with E-state index in [9.17, 15) is 9.59 Å². The van der Waals surface area contributed by atoms with Crippen molar-refractivity contribution in [2.24, 2.45) is 0 Å². The van der Waals surface area contributed by atoms with E-state index in [1.165, 1.54) is 0 Å². The van der Waals surface area contributed by atoms with Gasteiger partial charge in [-0.15, -0.1) is 0 Å². The van der Waals surface area contributed by atoms with Crippen LogP contribution in [0.25, 0.3) is 0 Å². The fourth-order valence-corrected chi connectivity index (χ4v) is 3.25. The molecule has 30 heavy (non-hydrogen) atoms. The van der Waals surface area contributed by atoms with Gasteiger partial charge in [0.2, 0.25) is 0 Å². The second-order valence-corrected chi connectivity index (χ2v) is 7.56. The van der Waals surface area contributed by atoms with Crippen molar-refractivity contribution in [3.63, 3.8) is 0 Å². The molecule has 2 N–H and O–H groups in total. The maximum atomic E-state index is 12.6. The molecule has 154 valence electrons. The summed E-state index contributed by atoms with van der Waals surface area (Å²) in [6, 6.07) is 21.3. The first-order valence-corrected chi connectivity index (χ1v) is 10.6. The lowest BCUT2D eigenvalue weighted by Gasteiger charge is -2.11. The topological polar surface area (TPSA) is 67.4 Å². The van der Waals surface area contributed by atoms with Gasteiger partial charge in [0.1, 0.15) is 5.75 Å². The largest absolute Gasteiger partial charge is 0.492 e. The van der Waals surface area contributed by atoms with E-state index < -0.39 is 0 Å². The van der Waals surface area contributed by atoms with E-state index in [0.29, 0.717) is 34.9 Å². The number of hydrogen-bond acceptors (Lipinski definition) is 3. The fourth-order valence-electron chi connectivity index (χ4n) is 2.75. The number of unbranched alkanes of at least 4 members (excludes halogenated alkanes) is 1. The predicted octanol–water partition coefficient (Wildman–Crippen LogP) is 6.13. The lowest BCUT2D eigenvalue weighted by atomic mass is 10.1. The zero-order chi connectivity index (χ0) is 21.3. The van der Waals surface area contributed by atoms with Crippen LogP contribution in [0.2, 0.25) is 0 Å². The first-order chi connectivity index (χ1) is 14.6. The molecule has 0 unspecified atom stereocenters. The summed E-state index contributed by atoms with van der Waals surface area (Å²) in [6.45, 7) is 2.74. The minimum atomic E-state index is -0.267. The monoisotopic (exact) mass is 466 g/mol. The van der Waals surface area contributed by atoms with Crippen LogP contribution in [-0.4, -0.2) is 18.4 Å². The second kappa shape index (κ2) is 10.6. The Morgan fingerprint density at radius 1 is 0.833 bits per heavy atom. The first kappa shape index (κ1) is 21.6. The Bertz CT molecular complexity index is 1020. The van der Waals surface area contributed by atoms with E-state index in [-0.39, 0.29) is 11.8 Å². The van der Waals surface area contributed by atoms with Gasteiger partial charge in [0.05, 0.1) is 11.1 Å². The summed E-state index contributed by atoms with van der Waals surface area (Å²) in [5.41, 5.74) is 2.20. The highest BCUT2D eigenvalue weighted by molar-refractivity contribution is 9.10. The number of nitrogens with one attached hydrogen (secondary N) is 2. The summed E-state index contributed by atoms with van der Waals surface area (Å²) in [5, 5.41) is 5.67. The van der Waals surface area contributed by atoms with Crippen LogP contribution < -0.4 is 15.4 Å². The van der Waals surface area contributed by atoms with E-state index in [4.69, 9.17) is 4.74 Å². The molecular weight excluding hydrogens is 444 g/mol. The van der Waals surface area contributed by atoms with Gasteiger partial charge in [-0.05, 0) is 70.9 Å². The molecule has 0 heterocycles. The molecular formula is C24H23BrN2O3. The third-order valence-corrected chi connectivity index (χ3v) is 4.98. The van der Waals surface area contributed by atoms with Gasteiger partial charge >= 0.3 is 0 Å². The van der Waals surface area contributed by atoms with Crippen molar-refractivity contribution in [1.82, 2.24) is 0 Å². The highest BCUT2D eigenvalue weighted by Gasteiger charge is 2.12. The molecule has 0 saturated carbocycles. The minimum absolute atomic E-state index is 0.242. The fraction of sp³-hybridized carbons (Fsp3) is 0.167. The summed E-state index contributed by atoms with van der Waals surface area (Å²) < 4.78 is 6.42. The quantitative estimate of drug-likeness (QED) is 0.392. The van der Waals surface area contributed by atoms with Crippen molar-refractivity contribution in [3.05, 3.63) is 88.4 Å². The Kier molecular flexibility index (Phi) is 7.63. The maximum absolute atomic E-state index is 12.6. The molecule has 3 aromatic carbocycles. The number of para-hydroxylation sites is 1.